The van der Waals surface area contributed by atoms with Crippen molar-refractivity contribution < 1.29 is 50.0 Å². The minimum absolute atomic E-state index is 0.116. The van der Waals surface area contributed by atoms with E-state index in [2.05, 4.69) is 0 Å². The van der Waals surface area contributed by atoms with Crippen LogP contribution in [0.2, 0.25) is 0 Å². The Balaban J connectivity index is 2.76. The maximum absolute atomic E-state index is 10.9. The summed E-state index contributed by atoms with van der Waals surface area (Å²) in [5, 5.41) is 65.3. The zero-order valence-corrected chi connectivity index (χ0v) is 11.0. The number of carbonyl (C=O) groups excluding carboxylic acids is 1. The minimum Gasteiger partial charge on any atom is -0.394 e. The number of aldehydes is 1. The molecule has 8 atom stereocenters. The third-order valence-electron chi connectivity index (χ3n) is 3.19. The molecule has 0 amide bonds. The van der Waals surface area contributed by atoms with Crippen molar-refractivity contribution in [2.75, 3.05) is 13.2 Å². The van der Waals surface area contributed by atoms with Crippen LogP contribution in [0.25, 0.3) is 0 Å². The van der Waals surface area contributed by atoms with Gasteiger partial charge in [-0.25, -0.2) is 0 Å². The Morgan fingerprint density at radius 2 is 1.71 bits per heavy atom. The summed E-state index contributed by atoms with van der Waals surface area (Å²) < 4.78 is 9.92. The van der Waals surface area contributed by atoms with Crippen molar-refractivity contribution in [3.05, 3.63) is 0 Å². The lowest BCUT2D eigenvalue weighted by molar-refractivity contribution is -0.314. The molecule has 0 aliphatic carbocycles. The lowest BCUT2D eigenvalue weighted by Gasteiger charge is -2.40. The standard InChI is InChI=1S/C11H20O10/c12-1-4(15)7(16)5(2-13)20-11-10(19)9(18)8(17)6(3-14)21-11/h2,4-12,14-19H,1,3H2/t4-,5+,6-,7+,8-,9+,10-,11+/m1/s1. The molecule has 1 heterocycles. The molecule has 1 aliphatic rings. The van der Waals surface area contributed by atoms with E-state index < -0.39 is 62.2 Å². The van der Waals surface area contributed by atoms with Gasteiger partial charge in [0.05, 0.1) is 13.2 Å². The Morgan fingerprint density at radius 3 is 2.19 bits per heavy atom. The van der Waals surface area contributed by atoms with Crippen molar-refractivity contribution >= 4 is 6.29 Å². The molecule has 0 radical (unpaired) electrons. The van der Waals surface area contributed by atoms with E-state index in [1.165, 1.54) is 0 Å². The van der Waals surface area contributed by atoms with Crippen molar-refractivity contribution in [2.45, 2.75) is 49.0 Å². The SMILES string of the molecule is O=C[C@H](O[C@H]1O[C@H](CO)[C@@H](O)[C@H](O)[C@H]1O)[C@@H](O)[C@H](O)CO. The lowest BCUT2D eigenvalue weighted by Crippen LogP contribution is -2.60. The quantitative estimate of drug-likeness (QED) is 0.225. The fraction of sp³-hybridized carbons (Fsp3) is 0.909. The van der Waals surface area contributed by atoms with Gasteiger partial charge in [0.25, 0.3) is 0 Å². The molecule has 124 valence electrons. The normalized spacial score (nSPS) is 37.8. The van der Waals surface area contributed by atoms with E-state index >= 15 is 0 Å². The number of carbonyl (C=O) groups is 1. The second-order valence-corrected chi connectivity index (χ2v) is 4.67. The largest absolute Gasteiger partial charge is 0.394 e. The van der Waals surface area contributed by atoms with E-state index in [4.69, 9.17) is 19.7 Å². The average Bonchev–Trinajstić information content (AvgIpc) is 2.50. The number of aliphatic hydroxyl groups is 7. The molecule has 1 saturated heterocycles. The van der Waals surface area contributed by atoms with Gasteiger partial charge in [0.1, 0.15) is 42.7 Å². The maximum atomic E-state index is 10.9. The van der Waals surface area contributed by atoms with Crippen LogP contribution in [0.15, 0.2) is 0 Å². The van der Waals surface area contributed by atoms with Gasteiger partial charge in [-0.15, -0.1) is 0 Å². The smallest absolute Gasteiger partial charge is 0.187 e. The summed E-state index contributed by atoms with van der Waals surface area (Å²) in [6, 6.07) is 0. The van der Waals surface area contributed by atoms with Gasteiger partial charge in [-0.3, -0.25) is 0 Å². The first-order valence-electron chi connectivity index (χ1n) is 6.25. The summed E-state index contributed by atoms with van der Waals surface area (Å²) in [6.45, 7) is -1.51. The number of rotatable bonds is 7. The predicted molar refractivity (Wildman–Crippen MR) is 63.8 cm³/mol. The highest BCUT2D eigenvalue weighted by Crippen LogP contribution is 2.23. The van der Waals surface area contributed by atoms with E-state index in [1.807, 2.05) is 0 Å². The van der Waals surface area contributed by atoms with E-state index in [9.17, 15) is 30.3 Å². The van der Waals surface area contributed by atoms with Gasteiger partial charge in [-0.2, -0.15) is 0 Å². The molecule has 0 aromatic carbocycles. The lowest BCUT2D eigenvalue weighted by atomic mass is 9.99. The fourth-order valence-corrected chi connectivity index (χ4v) is 1.85. The summed E-state index contributed by atoms with van der Waals surface area (Å²) in [6.07, 6.45) is -12.9. The first-order chi connectivity index (χ1) is 9.87. The van der Waals surface area contributed by atoms with Crippen LogP contribution in [0.1, 0.15) is 0 Å². The molecule has 1 aliphatic heterocycles. The third kappa shape index (κ3) is 4.16. The molecular formula is C11H20O10. The fourth-order valence-electron chi connectivity index (χ4n) is 1.85. The second kappa shape index (κ2) is 8.08. The van der Waals surface area contributed by atoms with Crippen molar-refractivity contribution in [1.82, 2.24) is 0 Å². The minimum atomic E-state index is -1.79. The molecule has 0 spiro atoms. The zero-order valence-electron chi connectivity index (χ0n) is 11.0. The van der Waals surface area contributed by atoms with Gasteiger partial charge in [-0.05, 0) is 0 Å². The summed E-state index contributed by atoms with van der Waals surface area (Å²) in [7, 11) is 0. The van der Waals surface area contributed by atoms with Crippen molar-refractivity contribution in [2.24, 2.45) is 0 Å². The van der Waals surface area contributed by atoms with Crippen LogP contribution in [0, 0.1) is 0 Å². The third-order valence-corrected chi connectivity index (χ3v) is 3.19. The molecule has 0 unspecified atom stereocenters. The summed E-state index contributed by atoms with van der Waals surface area (Å²) in [5.41, 5.74) is 0. The highest BCUT2D eigenvalue weighted by molar-refractivity contribution is 5.57. The number of hydrogen-bond acceptors (Lipinski definition) is 10. The predicted octanol–water partition coefficient (Wildman–Crippen LogP) is -4.92. The van der Waals surface area contributed by atoms with Crippen LogP contribution in [-0.4, -0.2) is 104 Å². The Kier molecular flexibility index (Phi) is 7.06. The number of aliphatic hydroxyl groups excluding tert-OH is 7. The van der Waals surface area contributed by atoms with Gasteiger partial charge < -0.3 is 50.0 Å². The second-order valence-electron chi connectivity index (χ2n) is 4.67. The summed E-state index contributed by atoms with van der Waals surface area (Å²) in [4.78, 5) is 10.9. The number of hydrogen-bond donors (Lipinski definition) is 7. The first-order valence-corrected chi connectivity index (χ1v) is 6.25. The molecule has 10 heteroatoms. The summed E-state index contributed by atoms with van der Waals surface area (Å²) >= 11 is 0. The van der Waals surface area contributed by atoms with Crippen LogP contribution in [0.5, 0.6) is 0 Å². The average molecular weight is 312 g/mol. The van der Waals surface area contributed by atoms with E-state index in [0.717, 1.165) is 0 Å². The highest BCUT2D eigenvalue weighted by Gasteiger charge is 2.45. The highest BCUT2D eigenvalue weighted by atomic mass is 16.7. The Bertz CT molecular complexity index is 324. The van der Waals surface area contributed by atoms with Gasteiger partial charge in [0, 0.05) is 0 Å². The van der Waals surface area contributed by atoms with Gasteiger partial charge in [0.2, 0.25) is 0 Å². The van der Waals surface area contributed by atoms with Crippen molar-refractivity contribution in [3.63, 3.8) is 0 Å². The molecule has 0 saturated carbocycles. The van der Waals surface area contributed by atoms with E-state index in [1.54, 1.807) is 0 Å². The van der Waals surface area contributed by atoms with Gasteiger partial charge in [-0.1, -0.05) is 0 Å². The molecule has 21 heavy (non-hydrogen) atoms. The summed E-state index contributed by atoms with van der Waals surface area (Å²) in [5.74, 6) is 0. The van der Waals surface area contributed by atoms with Crippen LogP contribution in [-0.2, 0) is 14.3 Å². The van der Waals surface area contributed by atoms with Gasteiger partial charge in [0.15, 0.2) is 12.6 Å². The van der Waals surface area contributed by atoms with Crippen LogP contribution in [0.4, 0.5) is 0 Å². The first kappa shape index (κ1) is 18.4. The van der Waals surface area contributed by atoms with Crippen LogP contribution >= 0.6 is 0 Å². The van der Waals surface area contributed by atoms with Crippen molar-refractivity contribution in [1.29, 1.82) is 0 Å². The topological polar surface area (TPSA) is 177 Å². The molecule has 1 rings (SSSR count). The van der Waals surface area contributed by atoms with E-state index in [0.29, 0.717) is 0 Å². The number of ether oxygens (including phenoxy) is 2. The van der Waals surface area contributed by atoms with Gasteiger partial charge >= 0.3 is 0 Å². The van der Waals surface area contributed by atoms with Crippen LogP contribution < -0.4 is 0 Å². The molecule has 0 aromatic heterocycles. The molecule has 7 N–H and O–H groups in total. The Labute approximate surface area is 119 Å². The Morgan fingerprint density at radius 1 is 1.10 bits per heavy atom. The molecule has 1 fully saturated rings. The molecule has 0 bridgehead atoms. The Hall–Kier alpha value is -0.690. The molecule has 0 aromatic rings. The van der Waals surface area contributed by atoms with Crippen molar-refractivity contribution in [3.8, 4) is 0 Å². The van der Waals surface area contributed by atoms with Crippen LogP contribution in [0.3, 0.4) is 0 Å². The molecule has 10 nitrogen and oxygen atoms in total. The van der Waals surface area contributed by atoms with E-state index in [-0.39, 0.29) is 6.29 Å². The zero-order chi connectivity index (χ0) is 16.2. The monoisotopic (exact) mass is 312 g/mol. The maximum Gasteiger partial charge on any atom is 0.187 e. The molecular weight excluding hydrogens is 292 g/mol.